The number of benzene rings is 1. The number of rotatable bonds is 6. The fraction of sp³-hybridized carbons (Fsp3) is 0.500. The molecule has 1 saturated carbocycles. The largest absolute Gasteiger partial charge is 0.445 e. The van der Waals surface area contributed by atoms with Crippen LogP contribution in [0.15, 0.2) is 34.9 Å². The van der Waals surface area contributed by atoms with Crippen molar-refractivity contribution in [2.75, 3.05) is 6.54 Å². The van der Waals surface area contributed by atoms with Crippen molar-refractivity contribution < 1.29 is 23.1 Å². The first kappa shape index (κ1) is 25.4. The van der Waals surface area contributed by atoms with E-state index in [1.54, 1.807) is 24.8 Å². The quantitative estimate of drug-likeness (QED) is 0.481. The molecule has 0 radical (unpaired) electrons. The fourth-order valence-electron chi connectivity index (χ4n) is 6.82. The molecule has 7 nitrogen and oxygen atoms in total. The fourth-order valence-corrected chi connectivity index (χ4v) is 6.82. The van der Waals surface area contributed by atoms with Crippen LogP contribution in [0.1, 0.15) is 87.9 Å². The molecular weight excluding hydrogens is 478 g/mol. The molecule has 1 aromatic carbocycles. The van der Waals surface area contributed by atoms with Crippen LogP contribution in [-0.2, 0) is 11.0 Å². The van der Waals surface area contributed by atoms with E-state index in [4.69, 9.17) is 4.42 Å². The van der Waals surface area contributed by atoms with Gasteiger partial charge in [0.15, 0.2) is 5.69 Å². The van der Waals surface area contributed by atoms with E-state index in [0.717, 1.165) is 24.1 Å². The van der Waals surface area contributed by atoms with Crippen LogP contribution in [0, 0.1) is 17.0 Å². The highest BCUT2D eigenvalue weighted by Gasteiger charge is 2.66. The zero-order valence-electron chi connectivity index (χ0n) is 22.0. The topological polar surface area (TPSA) is 92.4 Å². The van der Waals surface area contributed by atoms with Crippen LogP contribution in [0.4, 0.5) is 8.78 Å². The van der Waals surface area contributed by atoms with Gasteiger partial charge in [0.2, 0.25) is 5.89 Å². The minimum absolute atomic E-state index is 0.0731. The minimum Gasteiger partial charge on any atom is -0.445 e. The van der Waals surface area contributed by atoms with Gasteiger partial charge in [-0.05, 0) is 75.6 Å². The third-order valence-corrected chi connectivity index (χ3v) is 8.72. The zero-order valence-corrected chi connectivity index (χ0v) is 22.0. The number of aromatic nitrogens is 3. The molecule has 2 aliphatic rings. The maximum atomic E-state index is 14.5. The van der Waals surface area contributed by atoms with Gasteiger partial charge in [0.1, 0.15) is 23.5 Å². The highest BCUT2D eigenvalue weighted by Crippen LogP contribution is 2.69. The minimum atomic E-state index is -1.31. The van der Waals surface area contributed by atoms with Gasteiger partial charge in [-0.25, -0.2) is 13.8 Å². The molecule has 3 atom stereocenters. The maximum absolute atomic E-state index is 14.5. The van der Waals surface area contributed by atoms with E-state index < -0.39 is 22.7 Å². The maximum Gasteiger partial charge on any atom is 0.276 e. The molecule has 2 heterocycles. The number of carbonyl (C=O) groups is 1. The molecule has 37 heavy (non-hydrogen) atoms. The molecule has 1 N–H and O–H groups in total. The van der Waals surface area contributed by atoms with Crippen molar-refractivity contribution in [1.82, 2.24) is 20.1 Å². The number of oxazole rings is 1. The first-order valence-electron chi connectivity index (χ1n) is 12.7. The van der Waals surface area contributed by atoms with E-state index >= 15 is 0 Å². The third-order valence-electron chi connectivity index (χ3n) is 8.72. The summed E-state index contributed by atoms with van der Waals surface area (Å²) in [5, 5.41) is 19.1. The molecule has 3 aromatic rings. The number of carbonyl (C=O) groups excluding carboxylic acids is 1. The van der Waals surface area contributed by atoms with Crippen LogP contribution in [0.5, 0.6) is 0 Å². The summed E-state index contributed by atoms with van der Waals surface area (Å²) in [6.45, 7) is 11.8. The second-order valence-corrected chi connectivity index (χ2v) is 11.3. The molecule has 0 saturated heterocycles. The summed E-state index contributed by atoms with van der Waals surface area (Å²) in [5.41, 5.74) is -0.271. The van der Waals surface area contributed by atoms with E-state index in [2.05, 4.69) is 29.0 Å². The van der Waals surface area contributed by atoms with Crippen molar-refractivity contribution in [2.45, 2.75) is 77.4 Å². The van der Waals surface area contributed by atoms with Gasteiger partial charge in [-0.3, -0.25) is 4.79 Å². The molecule has 1 fully saturated rings. The molecule has 0 spiro atoms. The summed E-state index contributed by atoms with van der Waals surface area (Å²) in [4.78, 5) is 19.6. The van der Waals surface area contributed by atoms with E-state index in [0.29, 0.717) is 6.54 Å². The number of halogens is 2. The van der Waals surface area contributed by atoms with Crippen molar-refractivity contribution >= 4 is 5.91 Å². The number of likely N-dealkylation sites (N-methyl/N-ethyl adjacent to an activating group) is 1. The second kappa shape index (κ2) is 8.41. The highest BCUT2D eigenvalue weighted by atomic mass is 19.1. The zero-order chi connectivity index (χ0) is 26.9. The Morgan fingerprint density at radius 3 is 2.54 bits per heavy atom. The number of aliphatic hydroxyl groups is 1. The lowest BCUT2D eigenvalue weighted by molar-refractivity contribution is 0.0439. The summed E-state index contributed by atoms with van der Waals surface area (Å²) < 4.78 is 34.4. The molecule has 0 unspecified atom stereocenters. The smallest absolute Gasteiger partial charge is 0.276 e. The van der Waals surface area contributed by atoms with Crippen LogP contribution < -0.4 is 0 Å². The van der Waals surface area contributed by atoms with E-state index in [9.17, 15) is 18.7 Å². The van der Waals surface area contributed by atoms with Crippen molar-refractivity contribution in [1.29, 1.82) is 0 Å². The van der Waals surface area contributed by atoms with Gasteiger partial charge >= 0.3 is 0 Å². The Morgan fingerprint density at radius 1 is 1.27 bits per heavy atom. The predicted octanol–water partition coefficient (Wildman–Crippen LogP) is 5.34. The van der Waals surface area contributed by atoms with Crippen LogP contribution in [0.25, 0.3) is 11.3 Å². The SMILES string of the molecule is CCN(C(=O)c1coc(C(C)(C)O)n1)[C@@H](C)[C@@]12CC[C@@H](c3cc(-c4c(F)cccc4F)nnc31)C2(C)C. The number of nitrogens with zero attached hydrogens (tertiary/aromatic N) is 4. The van der Waals surface area contributed by atoms with Crippen molar-refractivity contribution in [3.63, 3.8) is 0 Å². The van der Waals surface area contributed by atoms with Gasteiger partial charge in [0.25, 0.3) is 5.91 Å². The van der Waals surface area contributed by atoms with E-state index in [-0.39, 0.29) is 46.1 Å². The van der Waals surface area contributed by atoms with Gasteiger partial charge in [0.05, 0.1) is 17.0 Å². The molecule has 5 rings (SSSR count). The molecule has 196 valence electrons. The predicted molar refractivity (Wildman–Crippen MR) is 133 cm³/mol. The monoisotopic (exact) mass is 510 g/mol. The first-order valence-corrected chi connectivity index (χ1v) is 12.7. The molecule has 1 amide bonds. The Bertz CT molecular complexity index is 1360. The van der Waals surface area contributed by atoms with E-state index in [1.807, 2.05) is 13.8 Å². The van der Waals surface area contributed by atoms with Crippen LogP contribution in [0.3, 0.4) is 0 Å². The normalized spacial score (nSPS) is 22.7. The van der Waals surface area contributed by atoms with Crippen LogP contribution in [-0.4, -0.2) is 43.7 Å². The highest BCUT2D eigenvalue weighted by molar-refractivity contribution is 5.92. The molecule has 0 aliphatic heterocycles. The van der Waals surface area contributed by atoms with Crippen molar-refractivity contribution in [2.24, 2.45) is 5.41 Å². The summed E-state index contributed by atoms with van der Waals surface area (Å²) in [7, 11) is 0. The van der Waals surface area contributed by atoms with Gasteiger partial charge in [0, 0.05) is 18.0 Å². The molecule has 2 bridgehead atoms. The van der Waals surface area contributed by atoms with E-state index in [1.165, 1.54) is 24.5 Å². The molecular formula is C28H32F2N4O3. The Kier molecular flexibility index (Phi) is 5.78. The Labute approximate surface area is 214 Å². The third kappa shape index (κ3) is 3.54. The van der Waals surface area contributed by atoms with Gasteiger partial charge in [-0.15, -0.1) is 0 Å². The molecule has 2 aromatic heterocycles. The standard InChI is InChI=1S/C28H32F2N4O3/c1-7-34(24(35)21-14-37-25(31-21)27(5,6)36)15(2)28-12-11-17(26(28,3)4)16-13-20(32-33-23(16)28)22-18(29)9-8-10-19(22)30/h8-10,13-15,17,36H,7,11-12H2,1-6H3/t15-,17-,28-/m0/s1. The lowest BCUT2D eigenvalue weighted by Gasteiger charge is -2.47. The Balaban J connectivity index is 1.57. The van der Waals surface area contributed by atoms with Crippen LogP contribution in [0.2, 0.25) is 0 Å². The van der Waals surface area contributed by atoms with Crippen molar-refractivity contribution in [3.05, 3.63) is 65.0 Å². The Hall–Kier alpha value is -3.20. The summed E-state index contributed by atoms with van der Waals surface area (Å²) in [6.07, 6.45) is 2.95. The lowest BCUT2D eigenvalue weighted by atomic mass is 9.64. The average molecular weight is 511 g/mol. The van der Waals surface area contributed by atoms with Crippen molar-refractivity contribution in [3.8, 4) is 11.3 Å². The second-order valence-electron chi connectivity index (χ2n) is 11.3. The summed E-state index contributed by atoms with van der Waals surface area (Å²) in [6, 6.07) is 5.25. The number of fused-ring (bicyclic) bond motifs is 5. The first-order chi connectivity index (χ1) is 17.3. The summed E-state index contributed by atoms with van der Waals surface area (Å²) in [5.74, 6) is -1.48. The number of hydrogen-bond acceptors (Lipinski definition) is 6. The van der Waals surface area contributed by atoms with Gasteiger partial charge in [-0.2, -0.15) is 10.2 Å². The Morgan fingerprint density at radius 2 is 1.95 bits per heavy atom. The van der Waals surface area contributed by atoms with Gasteiger partial charge in [-0.1, -0.05) is 19.9 Å². The van der Waals surface area contributed by atoms with Crippen LogP contribution >= 0.6 is 0 Å². The average Bonchev–Trinajstić information content (AvgIpc) is 3.48. The molecule has 2 aliphatic carbocycles. The van der Waals surface area contributed by atoms with Gasteiger partial charge < -0.3 is 14.4 Å². The number of hydrogen-bond donors (Lipinski definition) is 1. The lowest BCUT2D eigenvalue weighted by Crippen LogP contribution is -2.55. The summed E-state index contributed by atoms with van der Waals surface area (Å²) >= 11 is 0. The number of amides is 1. The molecule has 9 heteroatoms.